The van der Waals surface area contributed by atoms with Crippen molar-refractivity contribution in [3.8, 4) is 5.75 Å². The molecule has 2 aliphatic rings. The Morgan fingerprint density at radius 2 is 1.74 bits per heavy atom. The van der Waals surface area contributed by atoms with Gasteiger partial charge in [-0.15, -0.1) is 0 Å². The van der Waals surface area contributed by atoms with E-state index >= 15 is 0 Å². The van der Waals surface area contributed by atoms with Crippen LogP contribution in [0.2, 0.25) is 5.02 Å². The zero-order valence-electron chi connectivity index (χ0n) is 20.8. The zero-order chi connectivity index (χ0) is 27.4. The van der Waals surface area contributed by atoms with Crippen molar-refractivity contribution in [3.05, 3.63) is 99.4 Å². The molecule has 0 spiro atoms. The summed E-state index contributed by atoms with van der Waals surface area (Å²) in [4.78, 5) is 53.4. The number of rotatable bonds is 7. The molecule has 3 aromatic carbocycles. The van der Waals surface area contributed by atoms with Crippen LogP contribution in [0.15, 0.2) is 77.7 Å². The van der Waals surface area contributed by atoms with Crippen LogP contribution in [0.1, 0.15) is 16.7 Å². The molecule has 0 aromatic heterocycles. The first-order valence-electron chi connectivity index (χ1n) is 12.2. The second kappa shape index (κ2) is 11.8. The molecule has 0 unspecified atom stereocenters. The normalized spacial score (nSPS) is 15.9. The Balaban J connectivity index is 1.18. The van der Waals surface area contributed by atoms with Crippen LogP contribution >= 0.6 is 23.4 Å². The van der Waals surface area contributed by atoms with Crippen LogP contribution in [0.3, 0.4) is 0 Å². The second-order valence-corrected chi connectivity index (χ2v) is 10.4. The molecule has 0 bridgehead atoms. The summed E-state index contributed by atoms with van der Waals surface area (Å²) in [5.41, 5.74) is 3.52. The summed E-state index contributed by atoms with van der Waals surface area (Å²) < 4.78 is 5.53. The number of hydrogen-bond acceptors (Lipinski definition) is 6. The number of ether oxygens (including phenoxy) is 1. The molecule has 8 nitrogen and oxygen atoms in total. The standard InChI is InChI=1S/C29H24ClN3O5S/c30-23-14-19(10-11-24(23)38-18-26(34)31-22-8-2-1-3-9-22)15-25-28(36)33(29(37)39-25)17-27(35)32-13-12-20-6-4-5-7-21(20)16-32/h1-11,14-15H,12-13,16-18H2,(H,31,34)/b25-15-. The fourth-order valence-corrected chi connectivity index (χ4v) is 5.40. The van der Waals surface area contributed by atoms with Gasteiger partial charge in [0.05, 0.1) is 9.93 Å². The molecule has 1 saturated heterocycles. The minimum Gasteiger partial charge on any atom is -0.482 e. The highest BCUT2D eigenvalue weighted by Crippen LogP contribution is 2.34. The monoisotopic (exact) mass is 561 g/mol. The van der Waals surface area contributed by atoms with E-state index in [0.717, 1.165) is 28.6 Å². The number of imide groups is 1. The molecule has 3 aromatic rings. The summed E-state index contributed by atoms with van der Waals surface area (Å²) in [6, 6.07) is 21.8. The molecule has 0 atom stereocenters. The zero-order valence-corrected chi connectivity index (χ0v) is 22.3. The Hall–Kier alpha value is -4.08. The highest BCUT2D eigenvalue weighted by atomic mass is 35.5. The van der Waals surface area contributed by atoms with E-state index in [2.05, 4.69) is 5.32 Å². The lowest BCUT2D eigenvalue weighted by Crippen LogP contribution is -2.44. The molecule has 0 radical (unpaired) electrons. The summed E-state index contributed by atoms with van der Waals surface area (Å²) in [5, 5.41) is 2.48. The van der Waals surface area contributed by atoms with Crippen molar-refractivity contribution in [1.29, 1.82) is 0 Å². The van der Waals surface area contributed by atoms with Gasteiger partial charge in [0.25, 0.3) is 17.1 Å². The van der Waals surface area contributed by atoms with Gasteiger partial charge in [-0.25, -0.2) is 0 Å². The number of nitrogens with one attached hydrogen (secondary N) is 1. The van der Waals surface area contributed by atoms with Gasteiger partial charge in [0.15, 0.2) is 6.61 Å². The number of nitrogens with zero attached hydrogens (tertiary/aromatic N) is 2. The minimum atomic E-state index is -0.523. The third kappa shape index (κ3) is 6.32. The van der Waals surface area contributed by atoms with Gasteiger partial charge in [-0.05, 0) is 65.2 Å². The third-order valence-electron chi connectivity index (χ3n) is 6.32. The maximum absolute atomic E-state index is 13.0. The predicted octanol–water partition coefficient (Wildman–Crippen LogP) is 4.98. The highest BCUT2D eigenvalue weighted by Gasteiger charge is 2.37. The van der Waals surface area contributed by atoms with Gasteiger partial charge in [0.1, 0.15) is 12.3 Å². The molecule has 0 aliphatic carbocycles. The number of fused-ring (bicyclic) bond motifs is 1. The Morgan fingerprint density at radius 1 is 1.00 bits per heavy atom. The van der Waals surface area contributed by atoms with E-state index in [1.807, 2.05) is 42.5 Å². The molecule has 39 heavy (non-hydrogen) atoms. The number of hydrogen-bond donors (Lipinski definition) is 1. The number of anilines is 1. The van der Waals surface area contributed by atoms with Crippen LogP contribution in [-0.2, 0) is 27.3 Å². The lowest BCUT2D eigenvalue weighted by molar-refractivity contribution is -0.136. The van der Waals surface area contributed by atoms with Crippen molar-refractivity contribution < 1.29 is 23.9 Å². The van der Waals surface area contributed by atoms with Crippen molar-refractivity contribution in [3.63, 3.8) is 0 Å². The summed E-state index contributed by atoms with van der Waals surface area (Å²) in [6.07, 6.45) is 2.28. The molecule has 2 aliphatic heterocycles. The summed E-state index contributed by atoms with van der Waals surface area (Å²) in [7, 11) is 0. The molecule has 10 heteroatoms. The number of benzene rings is 3. The van der Waals surface area contributed by atoms with Crippen LogP contribution in [0.5, 0.6) is 5.75 Å². The van der Waals surface area contributed by atoms with Crippen molar-refractivity contribution in [1.82, 2.24) is 9.80 Å². The Kier molecular flexibility index (Phi) is 7.99. The lowest BCUT2D eigenvalue weighted by Gasteiger charge is -2.29. The molecule has 5 rings (SSSR count). The van der Waals surface area contributed by atoms with Crippen molar-refractivity contribution in [2.24, 2.45) is 0 Å². The van der Waals surface area contributed by atoms with E-state index in [4.69, 9.17) is 16.3 Å². The molecule has 0 saturated carbocycles. The molecule has 1 N–H and O–H groups in total. The van der Waals surface area contributed by atoms with Crippen LogP contribution in [-0.4, -0.2) is 52.5 Å². The number of halogens is 1. The smallest absolute Gasteiger partial charge is 0.294 e. The maximum Gasteiger partial charge on any atom is 0.294 e. The fourth-order valence-electron chi connectivity index (χ4n) is 4.32. The van der Waals surface area contributed by atoms with Crippen molar-refractivity contribution in [2.45, 2.75) is 13.0 Å². The van der Waals surface area contributed by atoms with Gasteiger partial charge in [0, 0.05) is 18.8 Å². The largest absolute Gasteiger partial charge is 0.482 e. The minimum absolute atomic E-state index is 0.198. The molecule has 2 heterocycles. The predicted molar refractivity (Wildman–Crippen MR) is 150 cm³/mol. The van der Waals surface area contributed by atoms with Crippen molar-refractivity contribution >= 4 is 58.1 Å². The van der Waals surface area contributed by atoms with Crippen LogP contribution in [0.4, 0.5) is 10.5 Å². The number of para-hydroxylation sites is 1. The maximum atomic E-state index is 13.0. The van der Waals surface area contributed by atoms with E-state index in [9.17, 15) is 19.2 Å². The first kappa shape index (κ1) is 26.5. The van der Waals surface area contributed by atoms with Crippen LogP contribution in [0.25, 0.3) is 6.08 Å². The average molecular weight is 562 g/mol. The quantitative estimate of drug-likeness (QED) is 0.409. The number of carbonyl (C=O) groups is 4. The first-order chi connectivity index (χ1) is 18.9. The lowest BCUT2D eigenvalue weighted by atomic mass is 10.00. The van der Waals surface area contributed by atoms with E-state index in [0.29, 0.717) is 30.1 Å². The molecular weight excluding hydrogens is 538 g/mol. The van der Waals surface area contributed by atoms with E-state index < -0.39 is 11.1 Å². The first-order valence-corrected chi connectivity index (χ1v) is 13.4. The Morgan fingerprint density at radius 3 is 2.51 bits per heavy atom. The Labute approximate surface area is 234 Å². The molecule has 1 fully saturated rings. The average Bonchev–Trinajstić information content (AvgIpc) is 3.20. The summed E-state index contributed by atoms with van der Waals surface area (Å²) in [6.45, 7) is 0.469. The number of amides is 4. The highest BCUT2D eigenvalue weighted by molar-refractivity contribution is 8.18. The number of thioether (sulfide) groups is 1. The van der Waals surface area contributed by atoms with Gasteiger partial charge in [-0.2, -0.15) is 0 Å². The van der Waals surface area contributed by atoms with Gasteiger partial charge < -0.3 is 15.0 Å². The number of carbonyl (C=O) groups excluding carboxylic acids is 4. The van der Waals surface area contributed by atoms with E-state index in [1.54, 1.807) is 41.3 Å². The topological polar surface area (TPSA) is 96.0 Å². The SMILES string of the molecule is O=C(COc1ccc(/C=C2\SC(=O)N(CC(=O)N3CCc4ccccc4C3)C2=O)cc1Cl)Nc1ccccc1. The van der Waals surface area contributed by atoms with Gasteiger partial charge in [-0.3, -0.25) is 24.1 Å². The van der Waals surface area contributed by atoms with Crippen molar-refractivity contribution in [2.75, 3.05) is 25.0 Å². The molecule has 4 amide bonds. The summed E-state index contributed by atoms with van der Waals surface area (Å²) >= 11 is 7.12. The molecule has 198 valence electrons. The summed E-state index contributed by atoms with van der Waals surface area (Å²) in [5.74, 6) is -0.823. The molecular formula is C29H24ClN3O5S. The van der Waals surface area contributed by atoms with Gasteiger partial charge in [0.2, 0.25) is 5.91 Å². The van der Waals surface area contributed by atoms with E-state index in [1.165, 1.54) is 5.56 Å². The second-order valence-electron chi connectivity index (χ2n) is 8.99. The van der Waals surface area contributed by atoms with Crippen LogP contribution < -0.4 is 10.1 Å². The third-order valence-corrected chi connectivity index (χ3v) is 7.52. The van der Waals surface area contributed by atoms with Gasteiger partial charge >= 0.3 is 0 Å². The Bertz CT molecular complexity index is 1480. The van der Waals surface area contributed by atoms with E-state index in [-0.39, 0.29) is 34.9 Å². The van der Waals surface area contributed by atoms with Gasteiger partial charge in [-0.1, -0.05) is 60.1 Å². The fraction of sp³-hybridized carbons (Fsp3) is 0.172. The van der Waals surface area contributed by atoms with Crippen LogP contribution in [0, 0.1) is 0 Å².